The van der Waals surface area contributed by atoms with Crippen LogP contribution in [0, 0.1) is 17.2 Å². The second-order valence-electron chi connectivity index (χ2n) is 4.45. The minimum Gasteiger partial charge on any atom is -0.281 e. The van der Waals surface area contributed by atoms with Gasteiger partial charge in [-0.2, -0.15) is 10.4 Å². The Balaban J connectivity index is 2.27. The Morgan fingerprint density at radius 1 is 1.57 bits per heavy atom. The molecule has 1 N–H and O–H groups in total. The van der Waals surface area contributed by atoms with Gasteiger partial charge in [-0.25, -0.2) is 0 Å². The van der Waals surface area contributed by atoms with Crippen LogP contribution in [0.2, 0.25) is 0 Å². The minimum absolute atomic E-state index is 0.557. The minimum atomic E-state index is 0.557. The number of hydrogen-bond donors (Lipinski definition) is 1. The van der Waals surface area contributed by atoms with Crippen LogP contribution in [-0.2, 0) is 6.42 Å². The summed E-state index contributed by atoms with van der Waals surface area (Å²) in [6.07, 6.45) is 3.31. The van der Waals surface area contributed by atoms with Gasteiger partial charge in [-0.15, -0.1) is 0 Å². The molecule has 1 aliphatic rings. The van der Waals surface area contributed by atoms with Crippen molar-refractivity contribution in [3.8, 4) is 6.07 Å². The average Bonchev–Trinajstić information content (AvgIpc) is 2.88. The quantitative estimate of drug-likeness (QED) is 0.793. The zero-order valence-electron chi connectivity index (χ0n) is 8.67. The van der Waals surface area contributed by atoms with Gasteiger partial charge in [-0.3, -0.25) is 5.10 Å². The summed E-state index contributed by atoms with van der Waals surface area (Å²) >= 11 is 0. The Kier molecular flexibility index (Phi) is 2.28. The molecule has 0 radical (unpaired) electrons. The zero-order valence-corrected chi connectivity index (χ0v) is 8.67. The lowest BCUT2D eigenvalue weighted by atomic mass is 10.0. The maximum Gasteiger partial charge on any atom is 0.103 e. The lowest BCUT2D eigenvalue weighted by Gasteiger charge is -2.01. The van der Waals surface area contributed by atoms with Gasteiger partial charge < -0.3 is 0 Å². The van der Waals surface area contributed by atoms with Gasteiger partial charge in [-0.05, 0) is 25.2 Å². The molecule has 14 heavy (non-hydrogen) atoms. The smallest absolute Gasteiger partial charge is 0.103 e. The summed E-state index contributed by atoms with van der Waals surface area (Å²) in [5.74, 6) is 1.12. The van der Waals surface area contributed by atoms with Crippen molar-refractivity contribution in [1.82, 2.24) is 10.2 Å². The third-order valence-corrected chi connectivity index (χ3v) is 2.56. The maximum atomic E-state index is 9.07. The monoisotopic (exact) mass is 189 g/mol. The first-order valence-electron chi connectivity index (χ1n) is 5.19. The van der Waals surface area contributed by atoms with Crippen LogP contribution in [0.4, 0.5) is 0 Å². The van der Waals surface area contributed by atoms with E-state index in [1.54, 1.807) is 0 Å². The molecule has 0 saturated heterocycles. The predicted molar refractivity (Wildman–Crippen MR) is 53.8 cm³/mol. The highest BCUT2D eigenvalue weighted by Gasteiger charge is 2.30. The molecular weight excluding hydrogens is 174 g/mol. The van der Waals surface area contributed by atoms with Gasteiger partial charge in [-0.1, -0.05) is 13.8 Å². The molecule has 0 atom stereocenters. The molecule has 0 amide bonds. The van der Waals surface area contributed by atoms with Gasteiger partial charge in [0.05, 0.1) is 17.0 Å². The van der Waals surface area contributed by atoms with Crippen molar-refractivity contribution >= 4 is 0 Å². The van der Waals surface area contributed by atoms with E-state index in [2.05, 4.69) is 30.1 Å². The molecule has 1 aliphatic carbocycles. The molecule has 0 spiro atoms. The Bertz CT molecular complexity index is 366. The highest BCUT2D eigenvalue weighted by Crippen LogP contribution is 2.41. The van der Waals surface area contributed by atoms with Crippen molar-refractivity contribution in [2.45, 2.75) is 39.0 Å². The Labute approximate surface area is 84.1 Å². The number of nitriles is 1. The van der Waals surface area contributed by atoms with E-state index in [4.69, 9.17) is 5.26 Å². The molecular formula is C11H15N3. The summed E-state index contributed by atoms with van der Waals surface area (Å²) in [4.78, 5) is 0. The van der Waals surface area contributed by atoms with Crippen LogP contribution in [0.25, 0.3) is 0 Å². The summed E-state index contributed by atoms with van der Waals surface area (Å²) in [6, 6.07) is 2.28. The van der Waals surface area contributed by atoms with Gasteiger partial charge >= 0.3 is 0 Å². The van der Waals surface area contributed by atoms with Crippen molar-refractivity contribution in [3.63, 3.8) is 0 Å². The fourth-order valence-corrected chi connectivity index (χ4v) is 1.73. The molecule has 1 aromatic rings. The number of aromatic amines is 1. The fourth-order valence-electron chi connectivity index (χ4n) is 1.73. The summed E-state index contributed by atoms with van der Waals surface area (Å²) in [7, 11) is 0. The average molecular weight is 189 g/mol. The molecule has 1 fully saturated rings. The van der Waals surface area contributed by atoms with Crippen LogP contribution >= 0.6 is 0 Å². The third kappa shape index (κ3) is 1.65. The lowest BCUT2D eigenvalue weighted by molar-refractivity contribution is 0.633. The largest absolute Gasteiger partial charge is 0.281 e. The topological polar surface area (TPSA) is 52.5 Å². The molecule has 1 heterocycles. The molecule has 3 heteroatoms. The van der Waals surface area contributed by atoms with E-state index in [0.29, 0.717) is 11.8 Å². The number of aromatic nitrogens is 2. The number of hydrogen-bond acceptors (Lipinski definition) is 2. The molecule has 74 valence electrons. The van der Waals surface area contributed by atoms with E-state index in [9.17, 15) is 0 Å². The van der Waals surface area contributed by atoms with Gasteiger partial charge in [0, 0.05) is 5.92 Å². The maximum absolute atomic E-state index is 9.07. The van der Waals surface area contributed by atoms with E-state index in [1.807, 2.05) is 0 Å². The third-order valence-electron chi connectivity index (χ3n) is 2.56. The van der Waals surface area contributed by atoms with Gasteiger partial charge in [0.1, 0.15) is 6.07 Å². The van der Waals surface area contributed by atoms with Crippen LogP contribution in [0.5, 0.6) is 0 Å². The Morgan fingerprint density at radius 2 is 2.29 bits per heavy atom. The van der Waals surface area contributed by atoms with Crippen molar-refractivity contribution in [2.75, 3.05) is 0 Å². The first-order valence-corrected chi connectivity index (χ1v) is 5.19. The van der Waals surface area contributed by atoms with E-state index >= 15 is 0 Å². The van der Waals surface area contributed by atoms with Crippen molar-refractivity contribution in [2.24, 2.45) is 5.92 Å². The van der Waals surface area contributed by atoms with E-state index in [0.717, 1.165) is 23.4 Å². The number of nitrogens with zero attached hydrogens (tertiary/aromatic N) is 2. The fraction of sp³-hybridized carbons (Fsp3) is 0.636. The predicted octanol–water partition coefficient (Wildman–Crippen LogP) is 2.36. The summed E-state index contributed by atoms with van der Waals surface area (Å²) < 4.78 is 0. The lowest BCUT2D eigenvalue weighted by Crippen LogP contribution is -1.97. The highest BCUT2D eigenvalue weighted by molar-refractivity contribution is 5.41. The molecule has 0 unspecified atom stereocenters. The number of nitrogens with one attached hydrogen (secondary N) is 1. The molecule has 1 saturated carbocycles. The van der Waals surface area contributed by atoms with Crippen LogP contribution in [0.1, 0.15) is 49.6 Å². The molecule has 0 aromatic carbocycles. The Morgan fingerprint density at radius 3 is 2.79 bits per heavy atom. The first kappa shape index (κ1) is 9.26. The van der Waals surface area contributed by atoms with Gasteiger partial charge in [0.25, 0.3) is 0 Å². The normalized spacial score (nSPS) is 15.9. The second kappa shape index (κ2) is 3.45. The zero-order chi connectivity index (χ0) is 10.1. The second-order valence-corrected chi connectivity index (χ2v) is 4.45. The van der Waals surface area contributed by atoms with Crippen LogP contribution in [0.3, 0.4) is 0 Å². The molecule has 2 rings (SSSR count). The van der Waals surface area contributed by atoms with Crippen molar-refractivity contribution in [3.05, 3.63) is 17.0 Å². The molecule has 0 bridgehead atoms. The highest BCUT2D eigenvalue weighted by atomic mass is 15.1. The van der Waals surface area contributed by atoms with E-state index < -0.39 is 0 Å². The number of H-pyrrole nitrogens is 1. The SMILES string of the molecule is CC(C)Cc1[nH]nc(C2CC2)c1C#N. The van der Waals surface area contributed by atoms with E-state index in [1.165, 1.54) is 12.8 Å². The van der Waals surface area contributed by atoms with Gasteiger partial charge in [0.15, 0.2) is 0 Å². The number of rotatable bonds is 3. The van der Waals surface area contributed by atoms with Gasteiger partial charge in [0.2, 0.25) is 0 Å². The van der Waals surface area contributed by atoms with Crippen LogP contribution in [0.15, 0.2) is 0 Å². The molecule has 3 nitrogen and oxygen atoms in total. The summed E-state index contributed by atoms with van der Waals surface area (Å²) in [5, 5.41) is 16.3. The Hall–Kier alpha value is -1.30. The van der Waals surface area contributed by atoms with Crippen molar-refractivity contribution < 1.29 is 0 Å². The first-order chi connectivity index (χ1) is 6.72. The standard InChI is InChI=1S/C11H15N3/c1-7(2)5-10-9(6-12)11(14-13-10)8-3-4-8/h7-8H,3-5H2,1-2H3,(H,13,14). The van der Waals surface area contributed by atoms with Crippen LogP contribution < -0.4 is 0 Å². The van der Waals surface area contributed by atoms with E-state index in [-0.39, 0.29) is 0 Å². The summed E-state index contributed by atoms with van der Waals surface area (Å²) in [6.45, 7) is 4.30. The molecule has 0 aliphatic heterocycles. The summed E-state index contributed by atoms with van der Waals surface area (Å²) in [5.41, 5.74) is 2.83. The molecule has 1 aromatic heterocycles. The van der Waals surface area contributed by atoms with Crippen LogP contribution in [-0.4, -0.2) is 10.2 Å². The van der Waals surface area contributed by atoms with Crippen molar-refractivity contribution in [1.29, 1.82) is 5.26 Å².